The second-order valence-electron chi connectivity index (χ2n) is 7.32. The van der Waals surface area contributed by atoms with E-state index < -0.39 is 21.9 Å². The zero-order chi connectivity index (χ0) is 22.9. The smallest absolute Gasteiger partial charge is 0.414 e. The van der Waals surface area contributed by atoms with E-state index >= 15 is 0 Å². The first-order valence-corrected chi connectivity index (χ1v) is 11.6. The Bertz CT molecular complexity index is 1140. The van der Waals surface area contributed by atoms with Crippen molar-refractivity contribution in [2.45, 2.75) is 26.8 Å². The maximum absolute atomic E-state index is 14.5. The second kappa shape index (κ2) is 8.54. The minimum absolute atomic E-state index is 0.158. The number of carbonyl (C=O) groups excluding carboxylic acids is 2. The fraction of sp³-hybridized carbons (Fsp3) is 0.333. The first-order valence-electron chi connectivity index (χ1n) is 9.67. The zero-order valence-electron chi connectivity index (χ0n) is 17.7. The fourth-order valence-corrected chi connectivity index (χ4v) is 4.20. The number of carbonyl (C=O) groups is 2. The van der Waals surface area contributed by atoms with E-state index in [1.54, 1.807) is 36.1 Å². The first-order chi connectivity index (χ1) is 14.5. The van der Waals surface area contributed by atoms with Crippen LogP contribution in [0, 0.1) is 5.82 Å². The van der Waals surface area contributed by atoms with Crippen LogP contribution in [0.15, 0.2) is 36.4 Å². The molecule has 0 saturated carbocycles. The van der Waals surface area contributed by atoms with Crippen LogP contribution in [0.5, 0.6) is 0 Å². The first kappa shape index (κ1) is 22.5. The van der Waals surface area contributed by atoms with Crippen LogP contribution >= 0.6 is 0 Å². The highest BCUT2D eigenvalue weighted by Gasteiger charge is 2.34. The van der Waals surface area contributed by atoms with Gasteiger partial charge in [-0.15, -0.1) is 0 Å². The number of anilines is 3. The highest BCUT2D eigenvalue weighted by atomic mass is 32.2. The third-order valence-electron chi connectivity index (χ3n) is 4.84. The summed E-state index contributed by atoms with van der Waals surface area (Å²) < 4.78 is 44.5. The van der Waals surface area contributed by atoms with Crippen molar-refractivity contribution in [1.82, 2.24) is 0 Å². The quantitative estimate of drug-likeness (QED) is 0.770. The predicted octanol–water partition coefficient (Wildman–Crippen LogP) is 3.58. The molecule has 0 bridgehead atoms. The number of nitrogens with one attached hydrogen (secondary N) is 1. The molecule has 1 unspecified atom stereocenters. The molecule has 1 N–H and O–H groups in total. The number of ether oxygens (including phenoxy) is 1. The summed E-state index contributed by atoms with van der Waals surface area (Å²) in [6.45, 7) is 5.46. The van der Waals surface area contributed by atoms with Crippen LogP contribution < -0.4 is 14.5 Å². The van der Waals surface area contributed by atoms with Gasteiger partial charge in [0.1, 0.15) is 5.82 Å². The molecule has 1 aliphatic heterocycles. The maximum atomic E-state index is 14.5. The van der Waals surface area contributed by atoms with Crippen molar-refractivity contribution in [2.75, 3.05) is 33.9 Å². The molecule has 1 aliphatic rings. The monoisotopic (exact) mass is 449 g/mol. The highest BCUT2D eigenvalue weighted by Crippen LogP contribution is 2.39. The molecule has 0 fully saturated rings. The summed E-state index contributed by atoms with van der Waals surface area (Å²) in [4.78, 5) is 27.8. The van der Waals surface area contributed by atoms with Gasteiger partial charge in [-0.1, -0.05) is 12.1 Å². The molecule has 0 radical (unpaired) electrons. The van der Waals surface area contributed by atoms with E-state index in [0.717, 1.165) is 6.26 Å². The number of sulfonamides is 1. The molecule has 0 aliphatic carbocycles. The Hall–Kier alpha value is -3.14. The summed E-state index contributed by atoms with van der Waals surface area (Å²) in [6, 6.07) is 8.96. The van der Waals surface area contributed by atoms with Gasteiger partial charge in [0.2, 0.25) is 15.9 Å². The zero-order valence-corrected chi connectivity index (χ0v) is 18.5. The summed E-state index contributed by atoms with van der Waals surface area (Å²) in [5, 5.41) is 0. The van der Waals surface area contributed by atoms with Gasteiger partial charge in [-0.25, -0.2) is 17.6 Å². The Kier molecular flexibility index (Phi) is 6.21. The molecule has 1 atom stereocenters. The van der Waals surface area contributed by atoms with E-state index in [9.17, 15) is 22.4 Å². The number of hydrogen-bond acceptors (Lipinski definition) is 5. The second-order valence-corrected chi connectivity index (χ2v) is 9.07. The number of halogens is 1. The Balaban J connectivity index is 2.07. The van der Waals surface area contributed by atoms with Gasteiger partial charge in [0, 0.05) is 13.5 Å². The van der Waals surface area contributed by atoms with E-state index in [1.165, 1.54) is 24.0 Å². The Morgan fingerprint density at radius 1 is 1.16 bits per heavy atom. The summed E-state index contributed by atoms with van der Waals surface area (Å²) in [6.07, 6.45) is 0.407. The van der Waals surface area contributed by atoms with Crippen molar-refractivity contribution >= 4 is 39.1 Å². The van der Waals surface area contributed by atoms with Crippen molar-refractivity contribution in [1.29, 1.82) is 0 Å². The van der Waals surface area contributed by atoms with Gasteiger partial charge in [-0.05, 0) is 49.2 Å². The summed E-state index contributed by atoms with van der Waals surface area (Å²) >= 11 is 0. The third kappa shape index (κ3) is 4.79. The van der Waals surface area contributed by atoms with Crippen LogP contribution in [0.1, 0.15) is 20.8 Å². The van der Waals surface area contributed by atoms with Crippen LogP contribution in [-0.2, 0) is 19.6 Å². The highest BCUT2D eigenvalue weighted by molar-refractivity contribution is 7.92. The Labute approximate surface area is 180 Å². The van der Waals surface area contributed by atoms with Crippen LogP contribution in [0.2, 0.25) is 0 Å². The lowest BCUT2D eigenvalue weighted by Crippen LogP contribution is -2.51. The lowest BCUT2D eigenvalue weighted by Gasteiger charge is -2.40. The van der Waals surface area contributed by atoms with E-state index in [1.807, 2.05) is 6.92 Å². The third-order valence-corrected chi connectivity index (χ3v) is 5.43. The molecule has 2 amide bonds. The van der Waals surface area contributed by atoms with Crippen molar-refractivity contribution in [3.8, 4) is 11.1 Å². The van der Waals surface area contributed by atoms with Gasteiger partial charge < -0.3 is 9.64 Å². The molecule has 3 rings (SSSR count). The maximum Gasteiger partial charge on any atom is 0.414 e. The molecule has 0 saturated heterocycles. The van der Waals surface area contributed by atoms with Gasteiger partial charge in [0.05, 0.1) is 36.0 Å². The number of hydrogen-bond donors (Lipinski definition) is 1. The molecule has 31 heavy (non-hydrogen) atoms. The molecule has 8 nitrogen and oxygen atoms in total. The lowest BCUT2D eigenvalue weighted by atomic mass is 10.0. The molecule has 0 aromatic heterocycles. The molecule has 2 aromatic carbocycles. The van der Waals surface area contributed by atoms with Gasteiger partial charge in [-0.3, -0.25) is 14.4 Å². The SMILES string of the molecule is CCOC(=O)N1CC(C)N(C(C)=O)c2ccc(-c3ccc(NS(C)(=O)=O)c(F)c3)cc21. The van der Waals surface area contributed by atoms with Crippen molar-refractivity contribution in [3.05, 3.63) is 42.2 Å². The predicted molar refractivity (Wildman–Crippen MR) is 117 cm³/mol. The van der Waals surface area contributed by atoms with Gasteiger partial charge in [0.15, 0.2) is 0 Å². The number of amides is 2. The number of benzene rings is 2. The van der Waals surface area contributed by atoms with Crippen molar-refractivity contribution in [2.24, 2.45) is 0 Å². The molecule has 1 heterocycles. The molecule has 2 aromatic rings. The normalized spacial score (nSPS) is 16.0. The van der Waals surface area contributed by atoms with E-state index in [4.69, 9.17) is 4.74 Å². The minimum Gasteiger partial charge on any atom is -0.449 e. The molecule has 166 valence electrons. The van der Waals surface area contributed by atoms with Gasteiger partial charge in [-0.2, -0.15) is 0 Å². The van der Waals surface area contributed by atoms with E-state index in [2.05, 4.69) is 4.72 Å². The standard InChI is InChI=1S/C21H24FN3O5S/c1-5-30-21(27)24-12-13(2)25(14(3)26)19-9-7-16(11-20(19)24)15-6-8-18(17(22)10-15)23-31(4,28)29/h6-11,13,23H,5,12H2,1-4H3. The molecular formula is C21H24FN3O5S. The van der Waals surface area contributed by atoms with Crippen LogP contribution in [0.25, 0.3) is 11.1 Å². The number of rotatable bonds is 4. The molecular weight excluding hydrogens is 425 g/mol. The number of fused-ring (bicyclic) bond motifs is 1. The van der Waals surface area contributed by atoms with Gasteiger partial charge >= 0.3 is 6.09 Å². The topological polar surface area (TPSA) is 96.0 Å². The van der Waals surface area contributed by atoms with Crippen LogP contribution in [-0.4, -0.2) is 45.9 Å². The van der Waals surface area contributed by atoms with Crippen molar-refractivity contribution in [3.63, 3.8) is 0 Å². The summed E-state index contributed by atoms with van der Waals surface area (Å²) in [5.41, 5.74) is 1.95. The average Bonchev–Trinajstić information content (AvgIpc) is 2.67. The average molecular weight is 450 g/mol. The minimum atomic E-state index is -3.62. The van der Waals surface area contributed by atoms with E-state index in [-0.39, 0.29) is 30.8 Å². The lowest BCUT2D eigenvalue weighted by molar-refractivity contribution is -0.117. The summed E-state index contributed by atoms with van der Waals surface area (Å²) in [5.74, 6) is -0.894. The Morgan fingerprint density at radius 3 is 2.39 bits per heavy atom. The molecule has 10 heteroatoms. The number of nitrogens with zero attached hydrogens (tertiary/aromatic N) is 2. The molecule has 0 spiro atoms. The summed E-state index contributed by atoms with van der Waals surface area (Å²) in [7, 11) is -3.62. The Morgan fingerprint density at radius 2 is 1.81 bits per heavy atom. The van der Waals surface area contributed by atoms with Crippen LogP contribution in [0.4, 0.5) is 26.2 Å². The van der Waals surface area contributed by atoms with E-state index in [0.29, 0.717) is 22.5 Å². The largest absolute Gasteiger partial charge is 0.449 e. The van der Waals surface area contributed by atoms with Gasteiger partial charge in [0.25, 0.3) is 0 Å². The van der Waals surface area contributed by atoms with Crippen molar-refractivity contribution < 1.29 is 27.1 Å². The van der Waals surface area contributed by atoms with Crippen LogP contribution in [0.3, 0.4) is 0 Å². The fourth-order valence-electron chi connectivity index (χ4n) is 3.64.